The smallest absolute Gasteiger partial charge is 0.137 e. The maximum Gasteiger partial charge on any atom is 0.137 e. The number of fused-ring (bicyclic) bond motifs is 4. The first-order valence-electron chi connectivity index (χ1n) is 15.9. The van der Waals surface area contributed by atoms with Crippen molar-refractivity contribution < 1.29 is 0 Å². The molecule has 0 saturated heterocycles. The molecule has 0 unspecified atom stereocenters. The molecule has 0 atom stereocenters. The van der Waals surface area contributed by atoms with Gasteiger partial charge < -0.3 is 0 Å². The van der Waals surface area contributed by atoms with E-state index in [4.69, 9.17) is 4.98 Å². The largest absolute Gasteiger partial charge is 0.299 e. The Labute approximate surface area is 273 Å². The third-order valence-corrected chi connectivity index (χ3v) is 9.07. The van der Waals surface area contributed by atoms with Gasteiger partial charge in [-0.1, -0.05) is 103 Å². The van der Waals surface area contributed by atoms with Crippen molar-refractivity contribution in [2.24, 2.45) is 0 Å². The lowest BCUT2D eigenvalue weighted by molar-refractivity contribution is 1.19. The fourth-order valence-corrected chi connectivity index (χ4v) is 6.87. The highest BCUT2D eigenvalue weighted by Gasteiger charge is 2.17. The summed E-state index contributed by atoms with van der Waals surface area (Å²) in [5.41, 5.74) is 12.2. The molecule has 6 aromatic carbocycles. The molecule has 0 spiro atoms. The van der Waals surface area contributed by atoms with Crippen molar-refractivity contribution in [2.75, 3.05) is 0 Å². The van der Waals surface area contributed by atoms with Crippen LogP contribution in [0.25, 0.3) is 83.1 Å². The molecular formula is C44H29N3. The van der Waals surface area contributed by atoms with Crippen LogP contribution in [0.1, 0.15) is 0 Å². The molecule has 220 valence electrons. The van der Waals surface area contributed by atoms with Gasteiger partial charge in [-0.15, -0.1) is 0 Å². The molecule has 3 nitrogen and oxygen atoms in total. The van der Waals surface area contributed by atoms with Gasteiger partial charge in [-0.3, -0.25) is 9.38 Å². The number of aromatic nitrogens is 3. The number of rotatable bonds is 5. The van der Waals surface area contributed by atoms with Gasteiger partial charge in [0.05, 0.1) is 11.4 Å². The second-order valence-corrected chi connectivity index (χ2v) is 11.9. The van der Waals surface area contributed by atoms with Gasteiger partial charge in [-0.25, -0.2) is 4.98 Å². The molecule has 0 N–H and O–H groups in total. The van der Waals surface area contributed by atoms with Crippen molar-refractivity contribution in [3.63, 3.8) is 0 Å². The Hall–Kier alpha value is -6.32. The zero-order chi connectivity index (χ0) is 31.2. The van der Waals surface area contributed by atoms with Gasteiger partial charge in [0.2, 0.25) is 0 Å². The minimum absolute atomic E-state index is 0.928. The molecule has 0 amide bonds. The van der Waals surface area contributed by atoms with Crippen LogP contribution in [0.2, 0.25) is 0 Å². The molecule has 3 heteroatoms. The van der Waals surface area contributed by atoms with Gasteiger partial charge in [-0.05, 0) is 110 Å². The third kappa shape index (κ3) is 4.77. The van der Waals surface area contributed by atoms with E-state index in [0.717, 1.165) is 50.4 Å². The first kappa shape index (κ1) is 27.0. The summed E-state index contributed by atoms with van der Waals surface area (Å²) in [6, 6.07) is 56.4. The van der Waals surface area contributed by atoms with Gasteiger partial charge in [0, 0.05) is 29.7 Å². The Morgan fingerprint density at radius 1 is 0.404 bits per heavy atom. The molecule has 0 saturated carbocycles. The minimum atomic E-state index is 0.928. The summed E-state index contributed by atoms with van der Waals surface area (Å²) in [5.74, 6) is 0. The number of hydrogen-bond acceptors (Lipinski definition) is 2. The molecule has 9 rings (SSSR count). The molecular weight excluding hydrogens is 571 g/mol. The number of hydrogen-bond donors (Lipinski definition) is 0. The summed E-state index contributed by atoms with van der Waals surface area (Å²) in [7, 11) is 0. The second kappa shape index (κ2) is 11.2. The van der Waals surface area contributed by atoms with Gasteiger partial charge >= 0.3 is 0 Å². The molecule has 47 heavy (non-hydrogen) atoms. The van der Waals surface area contributed by atoms with Crippen LogP contribution in [0.5, 0.6) is 0 Å². The van der Waals surface area contributed by atoms with E-state index < -0.39 is 0 Å². The van der Waals surface area contributed by atoms with Crippen molar-refractivity contribution >= 4 is 27.2 Å². The van der Waals surface area contributed by atoms with Crippen molar-refractivity contribution in [1.82, 2.24) is 14.4 Å². The average molecular weight is 600 g/mol. The van der Waals surface area contributed by atoms with E-state index in [0.29, 0.717) is 0 Å². The third-order valence-electron chi connectivity index (χ3n) is 9.07. The lowest BCUT2D eigenvalue weighted by Gasteiger charge is -2.15. The summed E-state index contributed by atoms with van der Waals surface area (Å²) in [6.45, 7) is 0. The minimum Gasteiger partial charge on any atom is -0.299 e. The van der Waals surface area contributed by atoms with E-state index in [2.05, 4.69) is 161 Å². The lowest BCUT2D eigenvalue weighted by Crippen LogP contribution is -1.91. The first-order chi connectivity index (χ1) is 23.3. The molecule has 9 aromatic rings. The van der Waals surface area contributed by atoms with Crippen LogP contribution < -0.4 is 0 Å². The maximum absolute atomic E-state index is 5.08. The predicted molar refractivity (Wildman–Crippen MR) is 195 cm³/mol. The number of pyridine rings is 2. The monoisotopic (exact) mass is 599 g/mol. The van der Waals surface area contributed by atoms with E-state index in [-0.39, 0.29) is 0 Å². The van der Waals surface area contributed by atoms with E-state index in [1.165, 1.54) is 32.7 Å². The van der Waals surface area contributed by atoms with Gasteiger partial charge in [-0.2, -0.15) is 0 Å². The van der Waals surface area contributed by atoms with Crippen molar-refractivity contribution in [2.45, 2.75) is 0 Å². The summed E-state index contributed by atoms with van der Waals surface area (Å²) < 4.78 is 2.20. The van der Waals surface area contributed by atoms with Crippen LogP contribution in [-0.4, -0.2) is 14.4 Å². The van der Waals surface area contributed by atoms with Crippen LogP contribution in [0.15, 0.2) is 176 Å². The van der Waals surface area contributed by atoms with Crippen LogP contribution in [0, 0.1) is 0 Å². The fourth-order valence-electron chi connectivity index (χ4n) is 6.87. The van der Waals surface area contributed by atoms with Crippen LogP contribution in [-0.2, 0) is 0 Å². The fraction of sp³-hybridized carbons (Fsp3) is 0. The highest BCUT2D eigenvalue weighted by Crippen LogP contribution is 2.40. The number of benzene rings is 6. The Bertz CT molecular complexity index is 2570. The topological polar surface area (TPSA) is 30.2 Å². The molecule has 0 radical (unpaired) electrons. The summed E-state index contributed by atoms with van der Waals surface area (Å²) in [6.07, 6.45) is 5.83. The first-order valence-corrected chi connectivity index (χ1v) is 15.9. The van der Waals surface area contributed by atoms with Crippen molar-refractivity contribution in [3.8, 4) is 55.9 Å². The second-order valence-electron chi connectivity index (χ2n) is 11.9. The molecule has 3 aromatic heterocycles. The Morgan fingerprint density at radius 3 is 1.89 bits per heavy atom. The van der Waals surface area contributed by atoms with E-state index in [1.807, 2.05) is 24.5 Å². The maximum atomic E-state index is 5.08. The quantitative estimate of drug-likeness (QED) is 0.184. The molecule has 0 aliphatic carbocycles. The zero-order valence-electron chi connectivity index (χ0n) is 25.6. The summed E-state index contributed by atoms with van der Waals surface area (Å²) >= 11 is 0. The molecule has 0 aliphatic rings. The van der Waals surface area contributed by atoms with Gasteiger partial charge in [0.1, 0.15) is 5.65 Å². The molecule has 0 fully saturated rings. The summed E-state index contributed by atoms with van der Waals surface area (Å²) in [5, 5.41) is 5.02. The van der Waals surface area contributed by atoms with Crippen molar-refractivity contribution in [1.29, 1.82) is 0 Å². The highest BCUT2D eigenvalue weighted by atomic mass is 15.0. The van der Waals surface area contributed by atoms with E-state index in [1.54, 1.807) is 0 Å². The Kier molecular flexibility index (Phi) is 6.46. The normalized spacial score (nSPS) is 11.4. The Balaban J connectivity index is 1.27. The van der Waals surface area contributed by atoms with Crippen LogP contribution >= 0.6 is 0 Å². The SMILES string of the molecule is c1ccc(-c2nc3ccccn3c2-c2cccc(-c3cc(-c4ccncc4)cc(-c4cc5ccccc5c5ccccc45)c3)c2)cc1. The standard InChI is InChI=1S/C44H29N3/c1-2-11-31(12-3-1)43-44(47-24-9-8-19-42(47)46-43)34-15-10-14-32(25-34)36-26-35(30-20-22-45-23-21-30)27-37(28-36)41-29-33-13-4-5-16-38(33)39-17-6-7-18-40(39)41/h1-29H. The van der Waals surface area contributed by atoms with Crippen LogP contribution in [0.4, 0.5) is 0 Å². The number of nitrogens with zero attached hydrogens (tertiary/aromatic N) is 3. The molecule has 0 aliphatic heterocycles. The van der Waals surface area contributed by atoms with Gasteiger partial charge in [0.15, 0.2) is 0 Å². The van der Waals surface area contributed by atoms with Crippen LogP contribution in [0.3, 0.4) is 0 Å². The van der Waals surface area contributed by atoms with Gasteiger partial charge in [0.25, 0.3) is 0 Å². The zero-order valence-corrected chi connectivity index (χ0v) is 25.6. The molecule has 0 bridgehead atoms. The highest BCUT2D eigenvalue weighted by molar-refractivity contribution is 6.14. The van der Waals surface area contributed by atoms with E-state index >= 15 is 0 Å². The van der Waals surface area contributed by atoms with E-state index in [9.17, 15) is 0 Å². The number of imidazole rings is 1. The van der Waals surface area contributed by atoms with Crippen molar-refractivity contribution in [3.05, 3.63) is 176 Å². The molecule has 3 heterocycles. The lowest BCUT2D eigenvalue weighted by atomic mass is 9.89. The Morgan fingerprint density at radius 2 is 1.04 bits per heavy atom. The average Bonchev–Trinajstić information content (AvgIpc) is 3.55. The predicted octanol–water partition coefficient (Wildman–Crippen LogP) is 11.4. The summed E-state index contributed by atoms with van der Waals surface area (Å²) in [4.78, 5) is 9.38.